The Bertz CT molecular complexity index is 373. The molecule has 0 saturated heterocycles. The van der Waals surface area contributed by atoms with Crippen LogP contribution in [0.3, 0.4) is 0 Å². The van der Waals surface area contributed by atoms with Crippen molar-refractivity contribution in [1.29, 1.82) is 5.26 Å². The third kappa shape index (κ3) is 1.49. The number of rotatable bonds is 1. The van der Waals surface area contributed by atoms with E-state index in [1.165, 1.54) is 6.07 Å². The maximum Gasteiger partial charge on any atom is 0.281 e. The number of pyridine rings is 1. The van der Waals surface area contributed by atoms with Crippen LogP contribution in [0.4, 0.5) is 14.5 Å². The first-order valence-corrected chi connectivity index (χ1v) is 3.23. The van der Waals surface area contributed by atoms with Crippen LogP contribution in [0.15, 0.2) is 6.20 Å². The molecule has 13 heavy (non-hydrogen) atoms. The molecule has 4 nitrogen and oxygen atoms in total. The van der Waals surface area contributed by atoms with E-state index < -0.39 is 23.4 Å². The van der Waals surface area contributed by atoms with E-state index in [4.69, 9.17) is 16.1 Å². The zero-order valence-electron chi connectivity index (χ0n) is 6.33. The average Bonchev–Trinajstić information content (AvgIpc) is 2.09. The van der Waals surface area contributed by atoms with E-state index in [0.29, 0.717) is 0 Å². The molecule has 1 aromatic heterocycles. The normalized spacial score (nSPS) is 10.0. The largest absolute Gasteiger partial charge is 0.504 e. The predicted molar refractivity (Wildman–Crippen MR) is 40.0 cm³/mol. The molecular weight excluding hydrogens is 180 g/mol. The number of aromatic nitrogens is 1. The molecule has 0 unspecified atom stereocenters. The monoisotopic (exact) mass is 185 g/mol. The molecule has 0 saturated carbocycles. The van der Waals surface area contributed by atoms with E-state index in [-0.39, 0.29) is 5.69 Å². The van der Waals surface area contributed by atoms with Crippen molar-refractivity contribution in [3.8, 4) is 11.8 Å². The van der Waals surface area contributed by atoms with Crippen LogP contribution < -0.4 is 5.73 Å². The van der Waals surface area contributed by atoms with Gasteiger partial charge in [0, 0.05) is 0 Å². The summed E-state index contributed by atoms with van der Waals surface area (Å²) in [6.45, 7) is 0. The predicted octanol–water partition coefficient (Wildman–Crippen LogP) is 1.18. The van der Waals surface area contributed by atoms with Crippen molar-refractivity contribution in [2.75, 3.05) is 5.73 Å². The van der Waals surface area contributed by atoms with E-state index in [1.54, 1.807) is 0 Å². The maximum atomic E-state index is 12.2. The molecule has 0 amide bonds. The number of nitrogens with two attached hydrogens (primary N) is 1. The first kappa shape index (κ1) is 9.19. The van der Waals surface area contributed by atoms with E-state index in [1.807, 2.05) is 0 Å². The van der Waals surface area contributed by atoms with Gasteiger partial charge in [0.15, 0.2) is 5.75 Å². The van der Waals surface area contributed by atoms with E-state index >= 15 is 0 Å². The first-order chi connectivity index (χ1) is 6.07. The third-order valence-corrected chi connectivity index (χ3v) is 1.45. The summed E-state index contributed by atoms with van der Waals surface area (Å²) < 4.78 is 24.4. The molecule has 0 atom stereocenters. The Labute approximate surface area is 72.2 Å². The standard InChI is InChI=1S/C7H5F2N3O/c8-7(9)6-3(1-10)5(11)4(13)2-12-6/h2,7,13H,(H2,11,12). The Morgan fingerprint density at radius 1 is 1.62 bits per heavy atom. The first-order valence-electron chi connectivity index (χ1n) is 3.23. The van der Waals surface area contributed by atoms with Crippen molar-refractivity contribution in [3.63, 3.8) is 0 Å². The van der Waals surface area contributed by atoms with Crippen molar-refractivity contribution < 1.29 is 13.9 Å². The van der Waals surface area contributed by atoms with Gasteiger partial charge in [-0.25, -0.2) is 13.8 Å². The van der Waals surface area contributed by atoms with Crippen LogP contribution in [0.1, 0.15) is 17.7 Å². The highest BCUT2D eigenvalue weighted by molar-refractivity contribution is 5.63. The summed E-state index contributed by atoms with van der Waals surface area (Å²) >= 11 is 0. The Kier molecular flexibility index (Phi) is 2.28. The summed E-state index contributed by atoms with van der Waals surface area (Å²) in [5.41, 5.74) is 3.63. The molecule has 1 aromatic rings. The van der Waals surface area contributed by atoms with Gasteiger partial charge < -0.3 is 10.8 Å². The molecule has 0 spiro atoms. The van der Waals surface area contributed by atoms with Crippen LogP contribution in [0.25, 0.3) is 0 Å². The Morgan fingerprint density at radius 3 is 2.69 bits per heavy atom. The van der Waals surface area contributed by atoms with E-state index in [0.717, 1.165) is 6.20 Å². The highest BCUT2D eigenvalue weighted by Crippen LogP contribution is 2.29. The van der Waals surface area contributed by atoms with Crippen molar-refractivity contribution in [2.45, 2.75) is 6.43 Å². The van der Waals surface area contributed by atoms with Gasteiger partial charge in [-0.3, -0.25) is 0 Å². The molecule has 0 aliphatic rings. The van der Waals surface area contributed by atoms with Gasteiger partial charge in [-0.1, -0.05) is 0 Å². The number of hydrogen-bond acceptors (Lipinski definition) is 4. The topological polar surface area (TPSA) is 82.9 Å². The molecule has 0 aromatic carbocycles. The maximum absolute atomic E-state index is 12.2. The van der Waals surface area contributed by atoms with Crippen LogP contribution in [0.2, 0.25) is 0 Å². The van der Waals surface area contributed by atoms with E-state index in [2.05, 4.69) is 4.98 Å². The van der Waals surface area contributed by atoms with E-state index in [9.17, 15) is 8.78 Å². The molecule has 0 aliphatic heterocycles. The van der Waals surface area contributed by atoms with Crippen molar-refractivity contribution in [1.82, 2.24) is 4.98 Å². The summed E-state index contributed by atoms with van der Waals surface area (Å²) in [6, 6.07) is 1.46. The van der Waals surface area contributed by atoms with Gasteiger partial charge in [0.05, 0.1) is 11.9 Å². The second kappa shape index (κ2) is 3.23. The second-order valence-electron chi connectivity index (χ2n) is 2.23. The second-order valence-corrected chi connectivity index (χ2v) is 2.23. The number of aromatic hydroxyl groups is 1. The van der Waals surface area contributed by atoms with Crippen LogP contribution in [-0.2, 0) is 0 Å². The summed E-state index contributed by atoms with van der Waals surface area (Å²) in [5, 5.41) is 17.4. The number of nitrogen functional groups attached to an aromatic ring is 1. The molecule has 0 aliphatic carbocycles. The van der Waals surface area contributed by atoms with Gasteiger partial charge in [0.2, 0.25) is 0 Å². The minimum atomic E-state index is -2.88. The fourth-order valence-corrected chi connectivity index (χ4v) is 0.814. The molecule has 68 valence electrons. The lowest BCUT2D eigenvalue weighted by atomic mass is 10.1. The van der Waals surface area contributed by atoms with Crippen LogP contribution >= 0.6 is 0 Å². The molecule has 0 radical (unpaired) electrons. The number of hydrogen-bond donors (Lipinski definition) is 2. The van der Waals surface area contributed by atoms with Gasteiger partial charge in [0.25, 0.3) is 6.43 Å². The van der Waals surface area contributed by atoms with Gasteiger partial charge in [-0.05, 0) is 0 Å². The van der Waals surface area contributed by atoms with Crippen LogP contribution in [0, 0.1) is 11.3 Å². The lowest BCUT2D eigenvalue weighted by Gasteiger charge is -2.05. The molecule has 6 heteroatoms. The van der Waals surface area contributed by atoms with Gasteiger partial charge >= 0.3 is 0 Å². The number of halogens is 2. The zero-order valence-corrected chi connectivity index (χ0v) is 6.33. The average molecular weight is 185 g/mol. The number of anilines is 1. The van der Waals surface area contributed by atoms with Crippen molar-refractivity contribution in [2.24, 2.45) is 0 Å². The molecule has 0 bridgehead atoms. The lowest BCUT2D eigenvalue weighted by molar-refractivity contribution is 0.145. The van der Waals surface area contributed by atoms with Crippen molar-refractivity contribution in [3.05, 3.63) is 17.5 Å². The Balaban J connectivity index is 3.41. The van der Waals surface area contributed by atoms with Crippen molar-refractivity contribution >= 4 is 5.69 Å². The summed E-state index contributed by atoms with van der Waals surface area (Å²) in [5.74, 6) is -0.471. The highest BCUT2D eigenvalue weighted by Gasteiger charge is 2.18. The molecule has 0 fully saturated rings. The number of nitrogens with zero attached hydrogens (tertiary/aromatic N) is 2. The van der Waals surface area contributed by atoms with Crippen LogP contribution in [0.5, 0.6) is 5.75 Å². The highest BCUT2D eigenvalue weighted by atomic mass is 19.3. The quantitative estimate of drug-likeness (QED) is 0.688. The smallest absolute Gasteiger partial charge is 0.281 e. The van der Waals surface area contributed by atoms with Crippen LogP contribution in [-0.4, -0.2) is 10.1 Å². The molecule has 3 N–H and O–H groups in total. The Morgan fingerprint density at radius 2 is 2.23 bits per heavy atom. The summed E-state index contributed by atoms with van der Waals surface area (Å²) in [7, 11) is 0. The number of alkyl halides is 2. The van der Waals surface area contributed by atoms with Gasteiger partial charge in [-0.2, -0.15) is 5.26 Å². The summed E-state index contributed by atoms with van der Waals surface area (Å²) in [6.07, 6.45) is -2.09. The number of nitriles is 1. The molecule has 1 heterocycles. The van der Waals surface area contributed by atoms with Gasteiger partial charge in [-0.15, -0.1) is 0 Å². The SMILES string of the molecule is N#Cc1c(C(F)F)ncc(O)c1N. The zero-order chi connectivity index (χ0) is 10.0. The Hall–Kier alpha value is -1.90. The fraction of sp³-hybridized carbons (Fsp3) is 0.143. The minimum absolute atomic E-state index is 0.368. The lowest BCUT2D eigenvalue weighted by Crippen LogP contribution is -2.00. The minimum Gasteiger partial charge on any atom is -0.504 e. The third-order valence-electron chi connectivity index (χ3n) is 1.45. The molecular formula is C7H5F2N3O. The van der Waals surface area contributed by atoms with Gasteiger partial charge in [0.1, 0.15) is 17.3 Å². The summed E-state index contributed by atoms with van der Waals surface area (Å²) in [4.78, 5) is 3.21. The molecule has 1 rings (SSSR count). The fourth-order valence-electron chi connectivity index (χ4n) is 0.814.